The van der Waals surface area contributed by atoms with Gasteiger partial charge in [-0.25, -0.2) is 17.5 Å². The van der Waals surface area contributed by atoms with Crippen molar-refractivity contribution in [3.63, 3.8) is 0 Å². The first-order chi connectivity index (χ1) is 9.92. The summed E-state index contributed by atoms with van der Waals surface area (Å²) in [5.74, 6) is -0.872. The van der Waals surface area contributed by atoms with Gasteiger partial charge in [-0.1, -0.05) is 11.6 Å². The molecule has 1 rings (SSSR count). The molecule has 5 nitrogen and oxygen atoms in total. The van der Waals surface area contributed by atoms with Crippen LogP contribution in [0.15, 0.2) is 17.0 Å². The Labute approximate surface area is 129 Å². The normalized spacial score (nSPS) is 11.8. The third-order valence-corrected chi connectivity index (χ3v) is 4.74. The highest BCUT2D eigenvalue weighted by Gasteiger charge is 2.18. The van der Waals surface area contributed by atoms with Crippen LogP contribution in [0.5, 0.6) is 0 Å². The number of nitrogens with one attached hydrogen (secondary N) is 1. The third-order valence-electron chi connectivity index (χ3n) is 2.88. The van der Waals surface area contributed by atoms with E-state index in [-0.39, 0.29) is 22.0 Å². The number of sulfonamides is 1. The van der Waals surface area contributed by atoms with Crippen molar-refractivity contribution < 1.29 is 22.7 Å². The van der Waals surface area contributed by atoms with Crippen LogP contribution in [0.1, 0.15) is 24.8 Å². The van der Waals surface area contributed by atoms with Crippen molar-refractivity contribution in [3.8, 4) is 0 Å². The lowest BCUT2D eigenvalue weighted by Crippen LogP contribution is -2.25. The standard InChI is InChI=1S/C13H19ClFNO4S/c1-20-6-4-2-3-5-16-21(18,19)11-7-10(9-17)13(14)12(15)8-11/h7-8,16-17H,2-6,9H2,1H3. The molecule has 0 fully saturated rings. The van der Waals surface area contributed by atoms with Gasteiger partial charge in [0.1, 0.15) is 5.82 Å². The molecule has 21 heavy (non-hydrogen) atoms. The number of rotatable bonds is 9. The maximum Gasteiger partial charge on any atom is 0.240 e. The number of hydrogen-bond acceptors (Lipinski definition) is 4. The van der Waals surface area contributed by atoms with E-state index in [9.17, 15) is 12.8 Å². The summed E-state index contributed by atoms with van der Waals surface area (Å²) < 4.78 is 44.9. The number of unbranched alkanes of at least 4 members (excludes halogenated alkanes) is 2. The van der Waals surface area contributed by atoms with Crippen LogP contribution in [-0.4, -0.2) is 33.8 Å². The Kier molecular flexibility index (Phi) is 7.55. The number of ether oxygens (including phenoxy) is 1. The molecule has 0 radical (unpaired) electrons. The van der Waals surface area contributed by atoms with E-state index in [0.717, 1.165) is 18.9 Å². The van der Waals surface area contributed by atoms with Crippen LogP contribution in [0.25, 0.3) is 0 Å². The first kappa shape index (κ1) is 18.3. The van der Waals surface area contributed by atoms with Gasteiger partial charge in [0.15, 0.2) is 0 Å². The van der Waals surface area contributed by atoms with Gasteiger partial charge in [0, 0.05) is 25.8 Å². The van der Waals surface area contributed by atoms with Crippen LogP contribution in [-0.2, 0) is 21.4 Å². The van der Waals surface area contributed by atoms with Gasteiger partial charge in [-0.3, -0.25) is 0 Å². The summed E-state index contributed by atoms with van der Waals surface area (Å²) >= 11 is 5.63. The van der Waals surface area contributed by atoms with Crippen molar-refractivity contribution in [3.05, 3.63) is 28.5 Å². The average molecular weight is 340 g/mol. The maximum absolute atomic E-state index is 13.5. The predicted molar refractivity (Wildman–Crippen MR) is 78.2 cm³/mol. The molecule has 0 heterocycles. The zero-order chi connectivity index (χ0) is 15.9. The molecule has 0 saturated carbocycles. The lowest BCUT2D eigenvalue weighted by Gasteiger charge is -2.09. The topological polar surface area (TPSA) is 75.6 Å². The molecule has 0 aliphatic rings. The second kappa shape index (κ2) is 8.65. The summed E-state index contributed by atoms with van der Waals surface area (Å²) in [5.41, 5.74) is 0.0390. The fourth-order valence-corrected chi connectivity index (χ4v) is 3.03. The molecule has 120 valence electrons. The summed E-state index contributed by atoms with van der Waals surface area (Å²) in [6, 6.07) is 2.01. The lowest BCUT2D eigenvalue weighted by molar-refractivity contribution is 0.192. The highest BCUT2D eigenvalue weighted by Crippen LogP contribution is 2.24. The fourth-order valence-electron chi connectivity index (χ4n) is 1.73. The number of methoxy groups -OCH3 is 1. The minimum absolute atomic E-state index is 0.0390. The molecule has 0 aliphatic carbocycles. The molecule has 0 amide bonds. The van der Waals surface area contributed by atoms with E-state index in [1.165, 1.54) is 6.07 Å². The summed E-state index contributed by atoms with van der Waals surface area (Å²) in [4.78, 5) is -0.245. The van der Waals surface area contributed by atoms with Gasteiger partial charge in [-0.2, -0.15) is 0 Å². The Hall–Kier alpha value is -0.730. The van der Waals surface area contributed by atoms with Crippen molar-refractivity contribution in [1.29, 1.82) is 0 Å². The molecule has 2 N–H and O–H groups in total. The number of hydrogen-bond donors (Lipinski definition) is 2. The number of benzene rings is 1. The van der Waals surface area contributed by atoms with Crippen molar-refractivity contribution in [2.45, 2.75) is 30.8 Å². The van der Waals surface area contributed by atoms with Gasteiger partial charge in [-0.15, -0.1) is 0 Å². The predicted octanol–water partition coefficient (Wildman–Crippen LogP) is 2.07. The van der Waals surface area contributed by atoms with Crippen LogP contribution >= 0.6 is 11.6 Å². The van der Waals surface area contributed by atoms with Crippen LogP contribution in [0, 0.1) is 5.82 Å². The zero-order valence-electron chi connectivity index (χ0n) is 11.7. The second-order valence-corrected chi connectivity index (χ2v) is 6.63. The molecule has 1 aromatic carbocycles. The zero-order valence-corrected chi connectivity index (χ0v) is 13.3. The number of halogens is 2. The van der Waals surface area contributed by atoms with Crippen molar-refractivity contribution in [2.24, 2.45) is 0 Å². The number of aliphatic hydroxyl groups excluding tert-OH is 1. The SMILES string of the molecule is COCCCCCNS(=O)(=O)c1cc(F)c(Cl)c(CO)c1. The van der Waals surface area contributed by atoms with Gasteiger partial charge in [0.05, 0.1) is 16.5 Å². The van der Waals surface area contributed by atoms with E-state index in [0.29, 0.717) is 13.0 Å². The van der Waals surface area contributed by atoms with Gasteiger partial charge in [0.2, 0.25) is 10.0 Å². The van der Waals surface area contributed by atoms with Gasteiger partial charge in [-0.05, 0) is 31.4 Å². The minimum atomic E-state index is -3.82. The Morgan fingerprint density at radius 3 is 2.67 bits per heavy atom. The average Bonchev–Trinajstić information content (AvgIpc) is 2.45. The second-order valence-electron chi connectivity index (χ2n) is 4.49. The minimum Gasteiger partial charge on any atom is -0.392 e. The highest BCUT2D eigenvalue weighted by molar-refractivity contribution is 7.89. The molecular weight excluding hydrogens is 321 g/mol. The Morgan fingerprint density at radius 1 is 1.33 bits per heavy atom. The third kappa shape index (κ3) is 5.52. The van der Waals surface area contributed by atoms with Crippen LogP contribution < -0.4 is 4.72 Å². The molecule has 0 saturated heterocycles. The molecule has 0 unspecified atom stereocenters. The maximum atomic E-state index is 13.5. The molecule has 0 aliphatic heterocycles. The van der Waals surface area contributed by atoms with Crippen molar-refractivity contribution >= 4 is 21.6 Å². The largest absolute Gasteiger partial charge is 0.392 e. The van der Waals surface area contributed by atoms with Gasteiger partial charge in [0.25, 0.3) is 0 Å². The number of aliphatic hydroxyl groups is 1. The van der Waals surface area contributed by atoms with E-state index in [1.54, 1.807) is 7.11 Å². The summed E-state index contributed by atoms with van der Waals surface area (Å²) in [6.45, 7) is 0.357. The molecule has 8 heteroatoms. The highest BCUT2D eigenvalue weighted by atomic mass is 35.5. The summed E-state index contributed by atoms with van der Waals surface area (Å²) in [7, 11) is -2.21. The molecule has 0 bridgehead atoms. The summed E-state index contributed by atoms with van der Waals surface area (Å²) in [6.07, 6.45) is 2.33. The Bertz CT molecular complexity index is 566. The monoisotopic (exact) mass is 339 g/mol. The molecular formula is C13H19ClFNO4S. The van der Waals surface area contributed by atoms with Gasteiger partial charge >= 0.3 is 0 Å². The van der Waals surface area contributed by atoms with E-state index < -0.39 is 22.4 Å². The Morgan fingerprint density at radius 2 is 2.05 bits per heavy atom. The lowest BCUT2D eigenvalue weighted by atomic mass is 10.2. The first-order valence-electron chi connectivity index (χ1n) is 6.49. The van der Waals surface area contributed by atoms with E-state index in [2.05, 4.69) is 4.72 Å². The van der Waals surface area contributed by atoms with E-state index in [1.807, 2.05) is 0 Å². The van der Waals surface area contributed by atoms with E-state index >= 15 is 0 Å². The van der Waals surface area contributed by atoms with Crippen molar-refractivity contribution in [2.75, 3.05) is 20.3 Å². The smallest absolute Gasteiger partial charge is 0.240 e. The molecule has 0 atom stereocenters. The van der Waals surface area contributed by atoms with Crippen LogP contribution in [0.3, 0.4) is 0 Å². The van der Waals surface area contributed by atoms with E-state index in [4.69, 9.17) is 21.4 Å². The molecule has 0 spiro atoms. The van der Waals surface area contributed by atoms with Gasteiger partial charge < -0.3 is 9.84 Å². The quantitative estimate of drug-likeness (QED) is 0.675. The van der Waals surface area contributed by atoms with Crippen LogP contribution in [0.2, 0.25) is 5.02 Å². The fraction of sp³-hybridized carbons (Fsp3) is 0.538. The van der Waals surface area contributed by atoms with Crippen molar-refractivity contribution in [1.82, 2.24) is 4.72 Å². The summed E-state index contributed by atoms with van der Waals surface area (Å²) in [5, 5.41) is 8.78. The molecule has 1 aromatic rings. The van der Waals surface area contributed by atoms with Crippen LogP contribution in [0.4, 0.5) is 4.39 Å². The molecule has 0 aromatic heterocycles. The Balaban J connectivity index is 2.68. The first-order valence-corrected chi connectivity index (χ1v) is 8.36.